The zero-order valence-corrected chi connectivity index (χ0v) is 16.8. The van der Waals surface area contributed by atoms with Crippen molar-refractivity contribution in [1.82, 2.24) is 0 Å². The number of benzene rings is 2. The van der Waals surface area contributed by atoms with Gasteiger partial charge < -0.3 is 14.8 Å². The van der Waals surface area contributed by atoms with Crippen molar-refractivity contribution < 1.29 is 19.1 Å². The molecule has 1 amide bonds. The van der Waals surface area contributed by atoms with E-state index >= 15 is 0 Å². The molecule has 0 unspecified atom stereocenters. The summed E-state index contributed by atoms with van der Waals surface area (Å²) in [5.41, 5.74) is 1.88. The van der Waals surface area contributed by atoms with E-state index in [2.05, 4.69) is 11.4 Å². The number of carbonyl (C=O) groups is 2. The third kappa shape index (κ3) is 4.34. The lowest BCUT2D eigenvalue weighted by atomic mass is 10.1. The maximum absolute atomic E-state index is 12.2. The standard InChI is InChI=1S/C23H18N2O4S/c24-13-19-18-7-4-8-20(18)30-22(19)25-21(26)14-28-23(27)15-9-11-17(12-10-15)29-16-5-2-1-3-6-16/h1-3,5-6,9-12H,4,7-8,14H2,(H,25,26). The SMILES string of the molecule is N#Cc1c(NC(=O)COC(=O)c2ccc(Oc3ccccc3)cc2)sc2c1CCC2. The third-order valence-corrected chi connectivity index (χ3v) is 5.90. The molecular formula is C23H18N2O4S. The molecule has 1 N–H and O–H groups in total. The van der Waals surface area contributed by atoms with Gasteiger partial charge in [-0.15, -0.1) is 11.3 Å². The van der Waals surface area contributed by atoms with E-state index in [1.165, 1.54) is 11.3 Å². The van der Waals surface area contributed by atoms with Gasteiger partial charge in [-0.3, -0.25) is 4.79 Å². The highest BCUT2D eigenvalue weighted by molar-refractivity contribution is 7.16. The van der Waals surface area contributed by atoms with Gasteiger partial charge in [0.1, 0.15) is 22.6 Å². The van der Waals surface area contributed by atoms with Crippen LogP contribution in [0.15, 0.2) is 54.6 Å². The van der Waals surface area contributed by atoms with Crippen LogP contribution in [0.1, 0.15) is 32.8 Å². The normalized spacial score (nSPS) is 12.0. The summed E-state index contributed by atoms with van der Waals surface area (Å²) in [6.45, 7) is -0.422. The van der Waals surface area contributed by atoms with Crippen molar-refractivity contribution in [3.05, 3.63) is 76.2 Å². The van der Waals surface area contributed by atoms with Gasteiger partial charge in [-0.25, -0.2) is 4.79 Å². The van der Waals surface area contributed by atoms with Crippen LogP contribution in [0, 0.1) is 11.3 Å². The van der Waals surface area contributed by atoms with Crippen LogP contribution in [0.4, 0.5) is 5.00 Å². The quantitative estimate of drug-likeness (QED) is 0.587. The topological polar surface area (TPSA) is 88.4 Å². The Labute approximate surface area is 177 Å². The summed E-state index contributed by atoms with van der Waals surface area (Å²) < 4.78 is 10.8. The zero-order chi connectivity index (χ0) is 20.9. The number of fused-ring (bicyclic) bond motifs is 1. The van der Waals surface area contributed by atoms with Crippen LogP contribution in [0.2, 0.25) is 0 Å². The molecule has 0 aliphatic heterocycles. The number of nitrogens with one attached hydrogen (secondary N) is 1. The lowest BCUT2D eigenvalue weighted by Crippen LogP contribution is -2.20. The molecule has 7 heteroatoms. The Morgan fingerprint density at radius 2 is 1.77 bits per heavy atom. The first kappa shape index (κ1) is 19.7. The predicted octanol–water partition coefficient (Wildman–Crippen LogP) is 4.70. The number of rotatable bonds is 6. The maximum Gasteiger partial charge on any atom is 0.338 e. The van der Waals surface area contributed by atoms with Crippen molar-refractivity contribution in [2.45, 2.75) is 19.3 Å². The number of anilines is 1. The molecule has 0 bridgehead atoms. The lowest BCUT2D eigenvalue weighted by Gasteiger charge is -2.08. The number of esters is 1. The number of thiophene rings is 1. The van der Waals surface area contributed by atoms with Crippen LogP contribution >= 0.6 is 11.3 Å². The van der Waals surface area contributed by atoms with Crippen LogP contribution in [0.25, 0.3) is 0 Å². The van der Waals surface area contributed by atoms with E-state index in [0.29, 0.717) is 27.6 Å². The van der Waals surface area contributed by atoms with E-state index in [1.807, 2.05) is 30.3 Å². The van der Waals surface area contributed by atoms with Crippen molar-refractivity contribution in [2.75, 3.05) is 11.9 Å². The number of ether oxygens (including phenoxy) is 2. The molecule has 4 rings (SSSR count). The molecule has 1 aliphatic carbocycles. The minimum Gasteiger partial charge on any atom is -0.457 e. The fourth-order valence-electron chi connectivity index (χ4n) is 3.27. The summed E-state index contributed by atoms with van der Waals surface area (Å²) in [6, 6.07) is 18.0. The lowest BCUT2D eigenvalue weighted by molar-refractivity contribution is -0.119. The first-order chi connectivity index (χ1) is 14.6. The molecule has 30 heavy (non-hydrogen) atoms. The average molecular weight is 418 g/mol. The summed E-state index contributed by atoms with van der Waals surface area (Å²) in [5.74, 6) is 0.209. The molecule has 6 nitrogen and oxygen atoms in total. The molecule has 1 aromatic heterocycles. The highest BCUT2D eigenvalue weighted by Gasteiger charge is 2.23. The Hall–Kier alpha value is -3.63. The molecule has 0 radical (unpaired) electrons. The van der Waals surface area contributed by atoms with Crippen LogP contribution in [0.5, 0.6) is 11.5 Å². The number of hydrogen-bond acceptors (Lipinski definition) is 6. The number of aryl methyl sites for hydroxylation is 1. The van der Waals surface area contributed by atoms with Crippen LogP contribution < -0.4 is 10.1 Å². The molecule has 150 valence electrons. The number of carbonyl (C=O) groups excluding carboxylic acids is 2. The largest absolute Gasteiger partial charge is 0.457 e. The number of nitrogens with zero attached hydrogens (tertiary/aromatic N) is 1. The van der Waals surface area contributed by atoms with Crippen molar-refractivity contribution >= 4 is 28.2 Å². The summed E-state index contributed by atoms with van der Waals surface area (Å²) >= 11 is 1.43. The van der Waals surface area contributed by atoms with E-state index in [-0.39, 0.29) is 0 Å². The Bertz CT molecular complexity index is 1110. The van der Waals surface area contributed by atoms with Crippen molar-refractivity contribution in [2.24, 2.45) is 0 Å². The molecule has 0 fully saturated rings. The smallest absolute Gasteiger partial charge is 0.338 e. The Morgan fingerprint density at radius 3 is 2.50 bits per heavy atom. The van der Waals surface area contributed by atoms with E-state index in [9.17, 15) is 14.9 Å². The van der Waals surface area contributed by atoms with E-state index in [1.54, 1.807) is 24.3 Å². The number of amides is 1. The van der Waals surface area contributed by atoms with Gasteiger partial charge in [0.2, 0.25) is 0 Å². The van der Waals surface area contributed by atoms with Gasteiger partial charge in [0.25, 0.3) is 5.91 Å². The van der Waals surface area contributed by atoms with Gasteiger partial charge in [0, 0.05) is 4.88 Å². The summed E-state index contributed by atoms with van der Waals surface area (Å²) in [6.07, 6.45) is 2.84. The molecule has 1 heterocycles. The van der Waals surface area contributed by atoms with E-state index < -0.39 is 18.5 Å². The summed E-state index contributed by atoms with van der Waals surface area (Å²) in [5, 5.41) is 12.6. The Morgan fingerprint density at radius 1 is 1.03 bits per heavy atom. The summed E-state index contributed by atoms with van der Waals surface area (Å²) in [7, 11) is 0. The van der Waals surface area contributed by atoms with Gasteiger partial charge in [-0.05, 0) is 61.2 Å². The molecule has 0 saturated heterocycles. The molecule has 0 atom stereocenters. The number of nitriles is 1. The van der Waals surface area contributed by atoms with Crippen molar-refractivity contribution in [3.8, 4) is 17.6 Å². The first-order valence-corrected chi connectivity index (χ1v) is 10.3. The van der Waals surface area contributed by atoms with Gasteiger partial charge in [0.15, 0.2) is 6.61 Å². The van der Waals surface area contributed by atoms with Crippen LogP contribution in [-0.4, -0.2) is 18.5 Å². The van der Waals surface area contributed by atoms with Gasteiger partial charge in [0.05, 0.1) is 11.1 Å². The second-order valence-electron chi connectivity index (χ2n) is 6.74. The predicted molar refractivity (Wildman–Crippen MR) is 113 cm³/mol. The molecule has 0 spiro atoms. The van der Waals surface area contributed by atoms with E-state index in [0.717, 1.165) is 29.7 Å². The third-order valence-electron chi connectivity index (χ3n) is 4.69. The van der Waals surface area contributed by atoms with Crippen LogP contribution in [-0.2, 0) is 22.4 Å². The van der Waals surface area contributed by atoms with Gasteiger partial charge >= 0.3 is 5.97 Å². The summed E-state index contributed by atoms with van der Waals surface area (Å²) in [4.78, 5) is 25.6. The number of hydrogen-bond donors (Lipinski definition) is 1. The first-order valence-electron chi connectivity index (χ1n) is 9.48. The highest BCUT2D eigenvalue weighted by Crippen LogP contribution is 2.38. The maximum atomic E-state index is 12.2. The van der Waals surface area contributed by atoms with Crippen molar-refractivity contribution in [1.29, 1.82) is 5.26 Å². The molecule has 0 saturated carbocycles. The Balaban J connectivity index is 1.31. The molecule has 1 aliphatic rings. The van der Waals surface area contributed by atoms with Crippen LogP contribution in [0.3, 0.4) is 0 Å². The average Bonchev–Trinajstić information content (AvgIpc) is 3.34. The minimum absolute atomic E-state index is 0.316. The monoisotopic (exact) mass is 418 g/mol. The molecule has 2 aromatic carbocycles. The second-order valence-corrected chi connectivity index (χ2v) is 7.84. The van der Waals surface area contributed by atoms with E-state index in [4.69, 9.17) is 9.47 Å². The second kappa shape index (κ2) is 8.80. The minimum atomic E-state index is -0.606. The highest BCUT2D eigenvalue weighted by atomic mass is 32.1. The molecular weight excluding hydrogens is 400 g/mol. The van der Waals surface area contributed by atoms with Gasteiger partial charge in [-0.1, -0.05) is 18.2 Å². The zero-order valence-electron chi connectivity index (χ0n) is 16.0. The van der Waals surface area contributed by atoms with Gasteiger partial charge in [-0.2, -0.15) is 5.26 Å². The van der Waals surface area contributed by atoms with Crippen molar-refractivity contribution in [3.63, 3.8) is 0 Å². The fourth-order valence-corrected chi connectivity index (χ4v) is 4.53. The Kier molecular flexibility index (Phi) is 5.77. The fraction of sp³-hybridized carbons (Fsp3) is 0.174. The number of para-hydroxylation sites is 1. The molecule has 3 aromatic rings.